The van der Waals surface area contributed by atoms with E-state index in [-0.39, 0.29) is 12.3 Å². The van der Waals surface area contributed by atoms with Crippen LogP contribution in [0.3, 0.4) is 0 Å². The van der Waals surface area contributed by atoms with Gasteiger partial charge in [-0.2, -0.15) is 0 Å². The Bertz CT molecular complexity index is 580. The molecule has 0 unspecified atom stereocenters. The van der Waals surface area contributed by atoms with Crippen molar-refractivity contribution in [3.63, 3.8) is 0 Å². The highest BCUT2D eigenvalue weighted by Gasteiger charge is 2.37. The summed E-state index contributed by atoms with van der Waals surface area (Å²) in [6.45, 7) is 0.839. The Kier molecular flexibility index (Phi) is 5.44. The van der Waals surface area contributed by atoms with Crippen molar-refractivity contribution in [2.45, 2.75) is 24.8 Å². The lowest BCUT2D eigenvalue weighted by Gasteiger charge is -2.37. The van der Waals surface area contributed by atoms with Crippen molar-refractivity contribution in [3.05, 3.63) is 23.8 Å². The molecule has 7 nitrogen and oxygen atoms in total. The predicted molar refractivity (Wildman–Crippen MR) is 82.0 cm³/mol. The molecular formula is C16H21NO6. The first-order valence-electron chi connectivity index (χ1n) is 7.34. The molecule has 1 amide bonds. The number of rotatable bonds is 6. The van der Waals surface area contributed by atoms with Gasteiger partial charge in [-0.3, -0.25) is 9.59 Å². The molecule has 0 atom stereocenters. The fourth-order valence-corrected chi connectivity index (χ4v) is 2.70. The second-order valence-corrected chi connectivity index (χ2v) is 5.48. The molecule has 0 radical (unpaired) electrons. The third-order valence-electron chi connectivity index (χ3n) is 3.97. The second kappa shape index (κ2) is 7.32. The summed E-state index contributed by atoms with van der Waals surface area (Å²) in [7, 11) is 2.98. The van der Waals surface area contributed by atoms with Crippen LogP contribution >= 0.6 is 0 Å². The monoisotopic (exact) mass is 323 g/mol. The summed E-state index contributed by atoms with van der Waals surface area (Å²) in [5.41, 5.74) is -0.502. The first-order chi connectivity index (χ1) is 11.0. The van der Waals surface area contributed by atoms with Crippen LogP contribution in [0.25, 0.3) is 0 Å². The molecule has 1 saturated heterocycles. The van der Waals surface area contributed by atoms with Gasteiger partial charge in [-0.1, -0.05) is 0 Å². The quantitative estimate of drug-likeness (QED) is 0.823. The van der Waals surface area contributed by atoms with E-state index in [0.717, 1.165) is 0 Å². The average molecular weight is 323 g/mol. The lowest BCUT2D eigenvalue weighted by atomic mass is 9.86. The molecule has 23 heavy (non-hydrogen) atoms. The number of methoxy groups -OCH3 is 2. The standard InChI is InChI=1S/C16H21NO6/c1-21-11-3-4-13(22-2)12(9-11)15(20)17-16(10-14(18)19)5-7-23-8-6-16/h3-4,9H,5-8,10H2,1-2H3,(H,17,20)(H,18,19). The molecule has 2 rings (SSSR count). The molecule has 1 fully saturated rings. The maximum absolute atomic E-state index is 12.7. The number of nitrogens with one attached hydrogen (secondary N) is 1. The summed E-state index contributed by atoms with van der Waals surface area (Å²) in [6.07, 6.45) is 0.767. The van der Waals surface area contributed by atoms with E-state index in [1.807, 2.05) is 0 Å². The number of hydrogen-bond acceptors (Lipinski definition) is 5. The Morgan fingerprint density at radius 3 is 2.52 bits per heavy atom. The molecule has 0 aromatic heterocycles. The second-order valence-electron chi connectivity index (χ2n) is 5.48. The molecule has 1 aromatic rings. The van der Waals surface area contributed by atoms with Crippen LogP contribution < -0.4 is 14.8 Å². The zero-order valence-electron chi connectivity index (χ0n) is 13.3. The summed E-state index contributed by atoms with van der Waals surface area (Å²) in [5, 5.41) is 12.0. The van der Waals surface area contributed by atoms with Crippen molar-refractivity contribution < 1.29 is 28.9 Å². The third-order valence-corrected chi connectivity index (χ3v) is 3.97. The van der Waals surface area contributed by atoms with E-state index in [2.05, 4.69) is 5.32 Å². The third kappa shape index (κ3) is 4.13. The van der Waals surface area contributed by atoms with Gasteiger partial charge in [-0.25, -0.2) is 0 Å². The average Bonchev–Trinajstić information content (AvgIpc) is 2.54. The van der Waals surface area contributed by atoms with Gasteiger partial charge < -0.3 is 24.6 Å². The lowest BCUT2D eigenvalue weighted by Crippen LogP contribution is -2.53. The van der Waals surface area contributed by atoms with E-state index in [1.165, 1.54) is 14.2 Å². The Morgan fingerprint density at radius 1 is 1.26 bits per heavy atom. The van der Waals surface area contributed by atoms with Crippen LogP contribution in [0.15, 0.2) is 18.2 Å². The number of benzene rings is 1. The van der Waals surface area contributed by atoms with E-state index in [9.17, 15) is 9.59 Å². The minimum atomic E-state index is -0.954. The maximum Gasteiger partial charge on any atom is 0.305 e. The van der Waals surface area contributed by atoms with Crippen molar-refractivity contribution >= 4 is 11.9 Å². The van der Waals surface area contributed by atoms with Crippen LogP contribution in [0.4, 0.5) is 0 Å². The topological polar surface area (TPSA) is 94.1 Å². The molecule has 0 bridgehead atoms. The van der Waals surface area contributed by atoms with Crippen molar-refractivity contribution in [1.82, 2.24) is 5.32 Å². The SMILES string of the molecule is COc1ccc(OC)c(C(=O)NC2(CC(=O)O)CCOCC2)c1. The summed E-state index contributed by atoms with van der Waals surface area (Å²) in [4.78, 5) is 23.8. The van der Waals surface area contributed by atoms with Gasteiger partial charge in [-0.05, 0) is 31.0 Å². The first kappa shape index (κ1) is 17.1. The predicted octanol–water partition coefficient (Wildman–Crippen LogP) is 1.46. The number of carboxylic acid groups (broad SMARTS) is 1. The number of carbonyl (C=O) groups is 2. The van der Waals surface area contributed by atoms with Crippen molar-refractivity contribution in [2.75, 3.05) is 27.4 Å². The number of amides is 1. The molecule has 1 aliphatic heterocycles. The smallest absolute Gasteiger partial charge is 0.305 e. The van der Waals surface area contributed by atoms with Gasteiger partial charge in [0.05, 0.1) is 31.7 Å². The normalized spacial score (nSPS) is 16.4. The van der Waals surface area contributed by atoms with E-state index in [1.54, 1.807) is 18.2 Å². The molecule has 0 saturated carbocycles. The fourth-order valence-electron chi connectivity index (χ4n) is 2.70. The van der Waals surface area contributed by atoms with Gasteiger partial charge in [0, 0.05) is 13.2 Å². The molecule has 1 aliphatic rings. The number of carboxylic acids is 1. The van der Waals surface area contributed by atoms with Gasteiger partial charge in [0.2, 0.25) is 0 Å². The molecule has 1 aromatic carbocycles. The highest BCUT2D eigenvalue weighted by molar-refractivity contribution is 5.98. The molecule has 1 heterocycles. The Hall–Kier alpha value is -2.28. The van der Waals surface area contributed by atoms with Gasteiger partial charge in [0.1, 0.15) is 11.5 Å². The summed E-state index contributed by atoms with van der Waals surface area (Å²) < 4.78 is 15.6. The van der Waals surface area contributed by atoms with E-state index >= 15 is 0 Å². The van der Waals surface area contributed by atoms with Crippen molar-refractivity contribution in [3.8, 4) is 11.5 Å². The van der Waals surface area contributed by atoms with Crippen LogP contribution in [-0.2, 0) is 9.53 Å². The summed E-state index contributed by atoms with van der Waals surface area (Å²) in [5.74, 6) is -0.412. The highest BCUT2D eigenvalue weighted by atomic mass is 16.5. The Morgan fingerprint density at radius 2 is 1.96 bits per heavy atom. The van der Waals surface area contributed by atoms with Gasteiger partial charge in [-0.15, -0.1) is 0 Å². The molecular weight excluding hydrogens is 302 g/mol. The maximum atomic E-state index is 12.7. The number of aliphatic carboxylic acids is 1. The van der Waals surface area contributed by atoms with Crippen LogP contribution in [0.5, 0.6) is 11.5 Å². The summed E-state index contributed by atoms with van der Waals surface area (Å²) >= 11 is 0. The summed E-state index contributed by atoms with van der Waals surface area (Å²) in [6, 6.07) is 4.90. The molecule has 0 spiro atoms. The van der Waals surface area contributed by atoms with Gasteiger partial charge in [0.15, 0.2) is 0 Å². The highest BCUT2D eigenvalue weighted by Crippen LogP contribution is 2.28. The van der Waals surface area contributed by atoms with E-state index in [0.29, 0.717) is 43.1 Å². The van der Waals surface area contributed by atoms with E-state index in [4.69, 9.17) is 19.3 Å². The minimum Gasteiger partial charge on any atom is -0.497 e. The zero-order valence-corrected chi connectivity index (χ0v) is 13.3. The molecule has 2 N–H and O–H groups in total. The fraction of sp³-hybridized carbons (Fsp3) is 0.500. The van der Waals surface area contributed by atoms with Crippen LogP contribution in [-0.4, -0.2) is 50.0 Å². The number of ether oxygens (including phenoxy) is 3. The lowest BCUT2D eigenvalue weighted by molar-refractivity contribution is -0.139. The van der Waals surface area contributed by atoms with E-state index < -0.39 is 11.5 Å². The van der Waals surface area contributed by atoms with Gasteiger partial charge >= 0.3 is 5.97 Å². The van der Waals surface area contributed by atoms with Crippen LogP contribution in [0, 0.1) is 0 Å². The molecule has 7 heteroatoms. The zero-order chi connectivity index (χ0) is 16.9. The van der Waals surface area contributed by atoms with Crippen molar-refractivity contribution in [1.29, 1.82) is 0 Å². The number of hydrogen-bond donors (Lipinski definition) is 2. The van der Waals surface area contributed by atoms with Crippen LogP contribution in [0.2, 0.25) is 0 Å². The Labute approximate surface area is 134 Å². The van der Waals surface area contributed by atoms with Crippen LogP contribution in [0.1, 0.15) is 29.6 Å². The number of carbonyl (C=O) groups excluding carboxylic acids is 1. The van der Waals surface area contributed by atoms with Gasteiger partial charge in [0.25, 0.3) is 5.91 Å². The molecule has 126 valence electrons. The Balaban J connectivity index is 2.26. The first-order valence-corrected chi connectivity index (χ1v) is 7.34. The minimum absolute atomic E-state index is 0.144. The molecule has 0 aliphatic carbocycles. The van der Waals surface area contributed by atoms with Crippen molar-refractivity contribution in [2.24, 2.45) is 0 Å². The largest absolute Gasteiger partial charge is 0.497 e.